The van der Waals surface area contributed by atoms with Gasteiger partial charge in [0.1, 0.15) is 0 Å². The zero-order valence-corrected chi connectivity index (χ0v) is 19.3. The summed E-state index contributed by atoms with van der Waals surface area (Å²) in [6, 6.07) is 17.1. The first-order chi connectivity index (χ1) is 13.7. The number of sulfonamides is 1. The number of rotatable bonds is 5. The molecule has 3 aromatic rings. The Hall–Kier alpha value is -2.39. The van der Waals surface area contributed by atoms with E-state index in [4.69, 9.17) is 0 Å². The van der Waals surface area contributed by atoms with Crippen molar-refractivity contribution in [3.63, 3.8) is 0 Å². The van der Waals surface area contributed by atoms with E-state index in [1.165, 1.54) is 12.1 Å². The van der Waals surface area contributed by atoms with E-state index in [1.807, 2.05) is 45.0 Å². The quantitative estimate of drug-likeness (QED) is 0.451. The van der Waals surface area contributed by atoms with Crippen molar-refractivity contribution in [2.75, 3.05) is 10.0 Å². The standard InChI is InChI=1S/C22H21IN2O3S/c1-14-4-11-21(16(3)12-14)25-29(27,28)19-9-7-18(8-10-19)24-22(26)17-6-5-15(2)20(23)13-17/h4-13,25H,1-3H3,(H,24,26). The van der Waals surface area contributed by atoms with Crippen LogP contribution in [0.3, 0.4) is 0 Å². The Morgan fingerprint density at radius 1 is 0.862 bits per heavy atom. The molecule has 0 aromatic heterocycles. The van der Waals surface area contributed by atoms with Crippen LogP contribution in [-0.2, 0) is 10.0 Å². The van der Waals surface area contributed by atoms with Crippen molar-refractivity contribution in [1.82, 2.24) is 0 Å². The van der Waals surface area contributed by atoms with Crippen LogP contribution in [0.5, 0.6) is 0 Å². The zero-order chi connectivity index (χ0) is 21.2. The van der Waals surface area contributed by atoms with Gasteiger partial charge in [0.05, 0.1) is 10.6 Å². The Labute approximate surface area is 184 Å². The van der Waals surface area contributed by atoms with E-state index in [9.17, 15) is 13.2 Å². The number of nitrogens with one attached hydrogen (secondary N) is 2. The maximum absolute atomic E-state index is 12.7. The average molecular weight is 520 g/mol. The summed E-state index contributed by atoms with van der Waals surface area (Å²) in [6.45, 7) is 5.79. The molecule has 7 heteroatoms. The Balaban J connectivity index is 1.75. The van der Waals surface area contributed by atoms with E-state index >= 15 is 0 Å². The number of hydrogen-bond donors (Lipinski definition) is 2. The van der Waals surface area contributed by atoms with Gasteiger partial charge in [0.15, 0.2) is 0 Å². The SMILES string of the molecule is Cc1ccc(NS(=O)(=O)c2ccc(NC(=O)c3ccc(C)c(I)c3)cc2)c(C)c1. The minimum absolute atomic E-state index is 0.125. The van der Waals surface area contributed by atoms with Gasteiger partial charge in [-0.1, -0.05) is 23.8 Å². The van der Waals surface area contributed by atoms with Crippen LogP contribution in [0.4, 0.5) is 11.4 Å². The van der Waals surface area contributed by atoms with Crippen LogP contribution in [0.25, 0.3) is 0 Å². The zero-order valence-electron chi connectivity index (χ0n) is 16.3. The Morgan fingerprint density at radius 2 is 1.55 bits per heavy atom. The molecular formula is C22H21IN2O3S. The van der Waals surface area contributed by atoms with E-state index in [0.29, 0.717) is 16.9 Å². The van der Waals surface area contributed by atoms with Crippen LogP contribution < -0.4 is 10.0 Å². The fraction of sp³-hybridized carbons (Fsp3) is 0.136. The lowest BCUT2D eigenvalue weighted by molar-refractivity contribution is 0.102. The molecule has 5 nitrogen and oxygen atoms in total. The number of halogens is 1. The molecule has 1 amide bonds. The van der Waals surface area contributed by atoms with E-state index in [2.05, 4.69) is 32.6 Å². The molecule has 0 atom stereocenters. The maximum Gasteiger partial charge on any atom is 0.261 e. The number of anilines is 2. The number of carbonyl (C=O) groups is 1. The molecule has 3 rings (SSSR count). The molecular weight excluding hydrogens is 499 g/mol. The molecule has 0 aliphatic heterocycles. The van der Waals surface area contributed by atoms with Crippen molar-refractivity contribution in [1.29, 1.82) is 0 Å². The molecule has 29 heavy (non-hydrogen) atoms. The van der Waals surface area contributed by atoms with Gasteiger partial charge in [-0.05, 0) is 97.0 Å². The molecule has 0 bridgehead atoms. The first-order valence-corrected chi connectivity index (χ1v) is 11.5. The molecule has 150 valence electrons. The van der Waals surface area contributed by atoms with Crippen molar-refractivity contribution in [2.24, 2.45) is 0 Å². The number of benzene rings is 3. The fourth-order valence-corrected chi connectivity index (χ4v) is 4.43. The van der Waals surface area contributed by atoms with Gasteiger partial charge >= 0.3 is 0 Å². The largest absolute Gasteiger partial charge is 0.322 e. The van der Waals surface area contributed by atoms with Crippen molar-refractivity contribution in [3.8, 4) is 0 Å². The average Bonchev–Trinajstić information content (AvgIpc) is 2.66. The van der Waals surface area contributed by atoms with Crippen molar-refractivity contribution < 1.29 is 13.2 Å². The van der Waals surface area contributed by atoms with E-state index in [0.717, 1.165) is 20.3 Å². The topological polar surface area (TPSA) is 75.3 Å². The number of hydrogen-bond acceptors (Lipinski definition) is 3. The summed E-state index contributed by atoms with van der Waals surface area (Å²) in [7, 11) is -3.72. The van der Waals surface area contributed by atoms with Gasteiger partial charge in [-0.3, -0.25) is 9.52 Å². The summed E-state index contributed by atoms with van der Waals surface area (Å²) in [5.74, 6) is -0.244. The van der Waals surface area contributed by atoms with E-state index < -0.39 is 10.0 Å². The number of aryl methyl sites for hydroxylation is 3. The summed E-state index contributed by atoms with van der Waals surface area (Å²) in [5.41, 5.74) is 4.64. The normalized spacial score (nSPS) is 11.2. The molecule has 2 N–H and O–H groups in total. The van der Waals surface area contributed by atoms with Crippen molar-refractivity contribution >= 4 is 49.9 Å². The molecule has 0 fully saturated rings. The molecule has 0 spiro atoms. The molecule has 3 aromatic carbocycles. The molecule has 0 radical (unpaired) electrons. The Morgan fingerprint density at radius 3 is 2.17 bits per heavy atom. The van der Waals surface area contributed by atoms with Crippen LogP contribution in [0.1, 0.15) is 27.0 Å². The molecule has 0 saturated carbocycles. The summed E-state index contributed by atoms with van der Waals surface area (Å²) < 4.78 is 28.9. The van der Waals surface area contributed by atoms with Crippen LogP contribution in [-0.4, -0.2) is 14.3 Å². The van der Waals surface area contributed by atoms with Gasteiger partial charge in [0, 0.05) is 14.8 Å². The van der Waals surface area contributed by atoms with E-state index in [-0.39, 0.29) is 10.8 Å². The number of amides is 1. The highest BCUT2D eigenvalue weighted by Gasteiger charge is 2.16. The van der Waals surface area contributed by atoms with Crippen LogP contribution in [0.15, 0.2) is 65.6 Å². The second-order valence-corrected chi connectivity index (χ2v) is 9.71. The smallest absolute Gasteiger partial charge is 0.261 e. The minimum atomic E-state index is -3.72. The Bertz CT molecular complexity index is 1170. The van der Waals surface area contributed by atoms with Crippen molar-refractivity contribution in [2.45, 2.75) is 25.7 Å². The predicted octanol–water partition coefficient (Wildman–Crippen LogP) is 5.27. The third-order valence-corrected chi connectivity index (χ3v) is 7.03. The van der Waals surface area contributed by atoms with Gasteiger partial charge in [-0.15, -0.1) is 0 Å². The first kappa shape index (κ1) is 21.3. The van der Waals surface area contributed by atoms with Crippen LogP contribution in [0, 0.1) is 24.3 Å². The summed E-state index contributed by atoms with van der Waals surface area (Å²) in [6.07, 6.45) is 0. The second kappa shape index (κ2) is 8.54. The molecule has 0 unspecified atom stereocenters. The van der Waals surface area contributed by atoms with Gasteiger partial charge in [-0.2, -0.15) is 0 Å². The fourth-order valence-electron chi connectivity index (χ4n) is 2.79. The summed E-state index contributed by atoms with van der Waals surface area (Å²) >= 11 is 2.19. The monoisotopic (exact) mass is 520 g/mol. The first-order valence-electron chi connectivity index (χ1n) is 8.93. The third kappa shape index (κ3) is 5.16. The minimum Gasteiger partial charge on any atom is -0.322 e. The highest BCUT2D eigenvalue weighted by Crippen LogP contribution is 2.22. The molecule has 0 saturated heterocycles. The lowest BCUT2D eigenvalue weighted by Gasteiger charge is -2.12. The lowest BCUT2D eigenvalue weighted by Crippen LogP contribution is -2.15. The van der Waals surface area contributed by atoms with Crippen LogP contribution >= 0.6 is 22.6 Å². The highest BCUT2D eigenvalue weighted by molar-refractivity contribution is 14.1. The number of carbonyl (C=O) groups excluding carboxylic acids is 1. The highest BCUT2D eigenvalue weighted by atomic mass is 127. The van der Waals surface area contributed by atoms with Gasteiger partial charge in [0.25, 0.3) is 15.9 Å². The molecule has 0 aliphatic carbocycles. The van der Waals surface area contributed by atoms with Gasteiger partial charge < -0.3 is 5.32 Å². The van der Waals surface area contributed by atoms with Gasteiger partial charge in [-0.25, -0.2) is 8.42 Å². The predicted molar refractivity (Wildman–Crippen MR) is 125 cm³/mol. The molecule has 0 heterocycles. The van der Waals surface area contributed by atoms with Crippen LogP contribution in [0.2, 0.25) is 0 Å². The second-order valence-electron chi connectivity index (χ2n) is 6.87. The maximum atomic E-state index is 12.7. The van der Waals surface area contributed by atoms with Crippen molar-refractivity contribution in [3.05, 3.63) is 86.5 Å². The lowest BCUT2D eigenvalue weighted by atomic mass is 10.1. The Kier molecular flexibility index (Phi) is 6.28. The van der Waals surface area contributed by atoms with E-state index in [1.54, 1.807) is 24.3 Å². The van der Waals surface area contributed by atoms with Gasteiger partial charge in [0.2, 0.25) is 0 Å². The summed E-state index contributed by atoms with van der Waals surface area (Å²) in [4.78, 5) is 12.5. The summed E-state index contributed by atoms with van der Waals surface area (Å²) in [5, 5.41) is 2.79. The third-order valence-electron chi connectivity index (χ3n) is 4.48. The molecule has 0 aliphatic rings.